The zero-order chi connectivity index (χ0) is 27.2. The molecule has 0 bridgehead atoms. The van der Waals surface area contributed by atoms with Gasteiger partial charge in [0.1, 0.15) is 0 Å². The molecule has 2 aliphatic carbocycles. The number of halogens is 6. The number of alkyl halides is 6. The first-order valence-electron chi connectivity index (χ1n) is 13.1. The molecule has 1 aromatic rings. The first-order valence-corrected chi connectivity index (χ1v) is 13.1. The third kappa shape index (κ3) is 6.10. The van der Waals surface area contributed by atoms with Crippen molar-refractivity contribution < 1.29 is 35.9 Å². The topological polar surface area (TPSA) is 41.6 Å². The number of benzene rings is 1. The Morgan fingerprint density at radius 2 is 1.68 bits per heavy atom. The number of nitrogens with one attached hydrogen (secondary N) is 1. The van der Waals surface area contributed by atoms with Crippen LogP contribution in [0, 0.1) is 23.2 Å². The second-order valence-electron chi connectivity index (χ2n) is 11.4. The average molecular weight is 535 g/mol. The number of amides is 1. The van der Waals surface area contributed by atoms with E-state index in [1.807, 2.05) is 13.8 Å². The zero-order valence-corrected chi connectivity index (χ0v) is 21.5. The maximum atomic E-state index is 13.5. The van der Waals surface area contributed by atoms with Crippen LogP contribution in [-0.4, -0.2) is 43.2 Å². The summed E-state index contributed by atoms with van der Waals surface area (Å²) < 4.78 is 85.1. The van der Waals surface area contributed by atoms with E-state index in [0.29, 0.717) is 42.9 Å². The predicted molar refractivity (Wildman–Crippen MR) is 126 cm³/mol. The number of hydrogen-bond donors (Lipinski definition) is 1. The lowest BCUT2D eigenvalue weighted by Gasteiger charge is -2.42. The Hall–Kier alpha value is -1.81. The van der Waals surface area contributed by atoms with E-state index in [9.17, 15) is 31.1 Å². The van der Waals surface area contributed by atoms with Crippen LogP contribution in [0.25, 0.3) is 0 Å². The molecule has 1 amide bonds. The molecule has 2 saturated carbocycles. The molecule has 0 radical (unpaired) electrons. The van der Waals surface area contributed by atoms with Gasteiger partial charge in [0, 0.05) is 31.2 Å². The predicted octanol–water partition coefficient (Wildman–Crippen LogP) is 6.28. The van der Waals surface area contributed by atoms with Crippen molar-refractivity contribution >= 4 is 5.91 Å². The van der Waals surface area contributed by atoms with E-state index in [0.717, 1.165) is 26.1 Å². The molecule has 1 N–H and O–H groups in total. The van der Waals surface area contributed by atoms with Crippen molar-refractivity contribution in [3.63, 3.8) is 0 Å². The van der Waals surface area contributed by atoms with E-state index in [2.05, 4.69) is 17.3 Å². The number of carbonyl (C=O) groups is 1. The van der Waals surface area contributed by atoms with Gasteiger partial charge in [-0.2, -0.15) is 26.3 Å². The molecule has 208 valence electrons. The summed E-state index contributed by atoms with van der Waals surface area (Å²) in [6.07, 6.45) is -4.39. The third-order valence-corrected chi connectivity index (χ3v) is 8.87. The Morgan fingerprint density at radius 3 is 2.22 bits per heavy atom. The minimum Gasteiger partial charge on any atom is -0.381 e. The first kappa shape index (κ1) is 28.2. The molecule has 4 nitrogen and oxygen atoms in total. The molecule has 2 unspecified atom stereocenters. The zero-order valence-electron chi connectivity index (χ0n) is 21.5. The first-order chi connectivity index (χ1) is 17.2. The van der Waals surface area contributed by atoms with E-state index in [-0.39, 0.29) is 29.5 Å². The van der Waals surface area contributed by atoms with E-state index in [1.165, 1.54) is 12.8 Å². The van der Waals surface area contributed by atoms with Gasteiger partial charge in [-0.3, -0.25) is 9.69 Å². The van der Waals surface area contributed by atoms with Gasteiger partial charge in [-0.15, -0.1) is 0 Å². The van der Waals surface area contributed by atoms with E-state index in [1.54, 1.807) is 0 Å². The molecule has 1 aromatic carbocycles. The summed E-state index contributed by atoms with van der Waals surface area (Å²) in [5, 5.41) is 2.68. The summed E-state index contributed by atoms with van der Waals surface area (Å²) in [4.78, 5) is 15.9. The SMILES string of the molecule is CC(C)[C@]1(C(=O)NCc2cc(C(F)(F)F)cc(C(F)(F)F)c2)CC[C@@H](N(C)C2CCOCC2C2CC2)C1. The highest BCUT2D eigenvalue weighted by Gasteiger charge is 2.50. The van der Waals surface area contributed by atoms with E-state index < -0.39 is 35.4 Å². The molecule has 37 heavy (non-hydrogen) atoms. The van der Waals surface area contributed by atoms with Crippen molar-refractivity contribution in [1.82, 2.24) is 10.2 Å². The molecule has 3 aliphatic rings. The van der Waals surface area contributed by atoms with Gasteiger partial charge in [-0.25, -0.2) is 0 Å². The highest BCUT2D eigenvalue weighted by molar-refractivity contribution is 5.83. The van der Waals surface area contributed by atoms with Crippen LogP contribution in [0.5, 0.6) is 0 Å². The fourth-order valence-electron chi connectivity index (χ4n) is 6.37. The number of nitrogens with zero attached hydrogens (tertiary/aromatic N) is 1. The Kier molecular flexibility index (Phi) is 7.92. The lowest BCUT2D eigenvalue weighted by atomic mass is 9.74. The van der Waals surface area contributed by atoms with Crippen LogP contribution in [0.2, 0.25) is 0 Å². The van der Waals surface area contributed by atoms with Crippen molar-refractivity contribution in [2.45, 2.75) is 83.4 Å². The highest BCUT2D eigenvalue weighted by Crippen LogP contribution is 2.49. The van der Waals surface area contributed by atoms with Gasteiger partial charge < -0.3 is 10.1 Å². The van der Waals surface area contributed by atoms with Crippen LogP contribution in [-0.2, 0) is 28.4 Å². The minimum absolute atomic E-state index is 0.0351. The fourth-order valence-corrected chi connectivity index (χ4v) is 6.37. The van der Waals surface area contributed by atoms with Gasteiger partial charge in [0.2, 0.25) is 5.91 Å². The van der Waals surface area contributed by atoms with Gasteiger partial charge in [0.15, 0.2) is 0 Å². The third-order valence-electron chi connectivity index (χ3n) is 8.87. The maximum absolute atomic E-state index is 13.5. The van der Waals surface area contributed by atoms with Crippen molar-refractivity contribution in [2.75, 3.05) is 20.3 Å². The molecule has 4 atom stereocenters. The Bertz CT molecular complexity index is 942. The second kappa shape index (κ2) is 10.4. The molecular weight excluding hydrogens is 498 g/mol. The van der Waals surface area contributed by atoms with Crippen LogP contribution < -0.4 is 5.32 Å². The quantitative estimate of drug-likeness (QED) is 0.419. The van der Waals surface area contributed by atoms with Crippen molar-refractivity contribution in [3.05, 3.63) is 34.9 Å². The fraction of sp³-hybridized carbons (Fsp3) is 0.741. The van der Waals surface area contributed by atoms with Crippen molar-refractivity contribution in [2.24, 2.45) is 23.2 Å². The van der Waals surface area contributed by atoms with Crippen molar-refractivity contribution in [1.29, 1.82) is 0 Å². The Labute approximate surface area is 214 Å². The molecule has 10 heteroatoms. The summed E-state index contributed by atoms with van der Waals surface area (Å²) in [6, 6.07) is 2.02. The van der Waals surface area contributed by atoms with Gasteiger partial charge in [-0.1, -0.05) is 13.8 Å². The molecule has 3 fully saturated rings. The van der Waals surface area contributed by atoms with Crippen LogP contribution >= 0.6 is 0 Å². The second-order valence-corrected chi connectivity index (χ2v) is 11.4. The summed E-state index contributed by atoms with van der Waals surface area (Å²) >= 11 is 0. The smallest absolute Gasteiger partial charge is 0.381 e. The minimum atomic E-state index is -4.93. The van der Waals surface area contributed by atoms with Crippen LogP contribution in [0.3, 0.4) is 0 Å². The highest BCUT2D eigenvalue weighted by atomic mass is 19.4. The Balaban J connectivity index is 1.47. The Morgan fingerprint density at radius 1 is 1.05 bits per heavy atom. The maximum Gasteiger partial charge on any atom is 0.416 e. The van der Waals surface area contributed by atoms with Crippen LogP contribution in [0.15, 0.2) is 18.2 Å². The van der Waals surface area contributed by atoms with Crippen LogP contribution in [0.1, 0.15) is 69.1 Å². The standard InChI is InChI=1S/C27H36F6N2O2/c1-16(2)25(8-6-21(13-25)35(3)23-7-9-37-15-22(23)18-4-5-18)24(36)34-14-17-10-19(26(28,29)30)12-20(11-17)27(31,32)33/h10-12,16,18,21-23H,4-9,13-15H2,1-3H3,(H,34,36)/t21-,22?,23?,25+/m1/s1. The number of hydrogen-bond acceptors (Lipinski definition) is 3. The molecule has 0 aromatic heterocycles. The normalized spacial score (nSPS) is 29.2. The average Bonchev–Trinajstić information content (AvgIpc) is 3.58. The van der Waals surface area contributed by atoms with Crippen LogP contribution in [0.4, 0.5) is 26.3 Å². The number of carbonyl (C=O) groups excluding carboxylic acids is 1. The molecular formula is C27H36F6N2O2. The number of rotatable bonds is 7. The van der Waals surface area contributed by atoms with E-state index in [4.69, 9.17) is 4.74 Å². The number of ether oxygens (including phenoxy) is 1. The summed E-state index contributed by atoms with van der Waals surface area (Å²) in [5.41, 5.74) is -3.72. The van der Waals surface area contributed by atoms with Gasteiger partial charge in [-0.05, 0) is 81.2 Å². The molecule has 1 aliphatic heterocycles. The van der Waals surface area contributed by atoms with E-state index >= 15 is 0 Å². The molecule has 1 heterocycles. The summed E-state index contributed by atoms with van der Waals surface area (Å²) in [7, 11) is 2.12. The molecule has 0 spiro atoms. The molecule has 1 saturated heterocycles. The monoisotopic (exact) mass is 534 g/mol. The summed E-state index contributed by atoms with van der Waals surface area (Å²) in [6.45, 7) is 4.99. The molecule has 4 rings (SSSR count). The lowest BCUT2D eigenvalue weighted by molar-refractivity contribution is -0.143. The van der Waals surface area contributed by atoms with Crippen molar-refractivity contribution in [3.8, 4) is 0 Å². The van der Waals surface area contributed by atoms with Gasteiger partial charge in [0.05, 0.1) is 23.1 Å². The summed E-state index contributed by atoms with van der Waals surface area (Å²) in [5.74, 6) is 0.842. The lowest BCUT2D eigenvalue weighted by Crippen LogP contribution is -2.50. The largest absolute Gasteiger partial charge is 0.416 e. The van der Waals surface area contributed by atoms with Gasteiger partial charge >= 0.3 is 12.4 Å². The van der Waals surface area contributed by atoms with Gasteiger partial charge in [0.25, 0.3) is 0 Å².